The first-order valence-corrected chi connectivity index (χ1v) is 13.3. The molecule has 3 aromatic carbocycles. The monoisotopic (exact) mass is 565 g/mol. The van der Waals surface area contributed by atoms with Crippen LogP contribution in [0.15, 0.2) is 71.6 Å². The van der Waals surface area contributed by atoms with Crippen LogP contribution in [-0.2, 0) is 25.7 Å². The van der Waals surface area contributed by atoms with Gasteiger partial charge in [-0.3, -0.25) is 9.10 Å². The van der Waals surface area contributed by atoms with E-state index in [1.165, 1.54) is 7.11 Å². The Morgan fingerprint density at radius 2 is 1.79 bits per heavy atom. The molecule has 11 heteroatoms. The first-order chi connectivity index (χ1) is 18.0. The van der Waals surface area contributed by atoms with Gasteiger partial charge in [0.2, 0.25) is 0 Å². The Kier molecular flexibility index (Phi) is 8.03. The summed E-state index contributed by atoms with van der Waals surface area (Å²) in [7, 11) is -3.19. The van der Waals surface area contributed by atoms with Gasteiger partial charge >= 0.3 is 12.1 Å². The molecule has 0 radical (unpaired) electrons. The van der Waals surface area contributed by atoms with E-state index in [4.69, 9.17) is 16.3 Å². The highest BCUT2D eigenvalue weighted by Crippen LogP contribution is 2.40. The van der Waals surface area contributed by atoms with Crippen molar-refractivity contribution in [2.75, 3.05) is 18.0 Å². The molecule has 3 aromatic rings. The van der Waals surface area contributed by atoms with E-state index >= 15 is 0 Å². The van der Waals surface area contributed by atoms with Gasteiger partial charge in [-0.1, -0.05) is 48.0 Å². The fourth-order valence-corrected chi connectivity index (χ4v) is 5.70. The van der Waals surface area contributed by atoms with E-state index in [1.54, 1.807) is 48.6 Å². The molecule has 38 heavy (non-hydrogen) atoms. The van der Waals surface area contributed by atoms with Crippen molar-refractivity contribution in [1.29, 1.82) is 0 Å². The molecule has 0 bridgehead atoms. The second kappa shape index (κ2) is 11.1. The topological polar surface area (TPSA) is 72.9 Å². The Hall–Kier alpha value is -3.50. The summed E-state index contributed by atoms with van der Waals surface area (Å²) in [5, 5.41) is 0.558. The Labute approximate surface area is 223 Å². The number of rotatable bonds is 7. The fraction of sp³-hybridized carbons (Fsp3) is 0.222. The standard InChI is InChI=1S/C27H23ClF3NO5S/c1-36-26(33)13-11-22-17-32(38(34,35)23-7-3-5-20(16-23)27(29,30)31)24-15-19(10-12-25(24)37-22)9-8-18-4-2-6-21(28)14-18/h2-10,12,14-16,22H,11,13,17H2,1H3. The molecule has 1 unspecified atom stereocenters. The lowest BCUT2D eigenvalue weighted by atomic mass is 10.1. The van der Waals surface area contributed by atoms with Crippen molar-refractivity contribution in [1.82, 2.24) is 0 Å². The Balaban J connectivity index is 1.73. The maximum absolute atomic E-state index is 13.7. The maximum Gasteiger partial charge on any atom is 0.416 e. The van der Waals surface area contributed by atoms with Crippen molar-refractivity contribution >= 4 is 45.4 Å². The molecule has 0 saturated heterocycles. The van der Waals surface area contributed by atoms with E-state index in [0.717, 1.165) is 28.1 Å². The Morgan fingerprint density at radius 3 is 2.47 bits per heavy atom. The Bertz CT molecular complexity index is 1470. The van der Waals surface area contributed by atoms with Crippen molar-refractivity contribution in [3.8, 4) is 5.75 Å². The van der Waals surface area contributed by atoms with Crippen molar-refractivity contribution in [2.45, 2.75) is 30.0 Å². The van der Waals surface area contributed by atoms with E-state index in [2.05, 4.69) is 4.74 Å². The summed E-state index contributed by atoms with van der Waals surface area (Å²) < 4.78 is 79.0. The molecule has 0 fully saturated rings. The van der Waals surface area contributed by atoms with Gasteiger partial charge in [0.05, 0.1) is 29.8 Å². The third-order valence-corrected chi connectivity index (χ3v) is 7.89. The third-order valence-electron chi connectivity index (χ3n) is 5.88. The fourth-order valence-electron chi connectivity index (χ4n) is 3.95. The third kappa shape index (κ3) is 6.31. The lowest BCUT2D eigenvalue weighted by molar-refractivity contribution is -0.141. The van der Waals surface area contributed by atoms with Gasteiger partial charge in [-0.05, 0) is 60.0 Å². The number of alkyl halides is 3. The number of sulfonamides is 1. The molecule has 0 aromatic heterocycles. The van der Waals surface area contributed by atoms with Crippen LogP contribution in [0, 0.1) is 0 Å². The van der Waals surface area contributed by atoms with Crippen molar-refractivity contribution in [2.24, 2.45) is 0 Å². The van der Waals surface area contributed by atoms with Crippen LogP contribution >= 0.6 is 11.6 Å². The molecule has 1 aliphatic heterocycles. The molecular weight excluding hydrogens is 543 g/mol. The van der Waals surface area contributed by atoms with Crippen molar-refractivity contribution in [3.63, 3.8) is 0 Å². The number of fused-ring (bicyclic) bond motifs is 1. The minimum absolute atomic E-state index is 0.0194. The number of halogens is 4. The number of anilines is 1. The molecule has 1 aliphatic rings. The number of esters is 1. The van der Waals surface area contributed by atoms with Crippen molar-refractivity contribution in [3.05, 3.63) is 88.4 Å². The minimum atomic E-state index is -4.71. The van der Waals surface area contributed by atoms with Crippen LogP contribution in [0.3, 0.4) is 0 Å². The highest BCUT2D eigenvalue weighted by atomic mass is 35.5. The van der Waals surface area contributed by atoms with Crippen LogP contribution in [0.4, 0.5) is 18.9 Å². The van der Waals surface area contributed by atoms with Gasteiger partial charge in [-0.2, -0.15) is 13.2 Å². The number of carbonyl (C=O) groups is 1. The SMILES string of the molecule is COC(=O)CCC1CN(S(=O)(=O)c2cccc(C(F)(F)F)c2)c2cc(C=Cc3cccc(Cl)c3)ccc2O1. The summed E-state index contributed by atoms with van der Waals surface area (Å²) in [6.45, 7) is -0.204. The van der Waals surface area contributed by atoms with E-state index < -0.39 is 38.7 Å². The molecule has 4 rings (SSSR count). The van der Waals surface area contributed by atoms with Crippen LogP contribution in [0.25, 0.3) is 12.2 Å². The predicted octanol–water partition coefficient (Wildman–Crippen LogP) is 6.44. The molecule has 0 spiro atoms. The van der Waals surface area contributed by atoms with Gasteiger partial charge in [0.25, 0.3) is 10.0 Å². The van der Waals surface area contributed by atoms with Crippen LogP contribution in [0.2, 0.25) is 5.02 Å². The first-order valence-electron chi connectivity index (χ1n) is 11.5. The lowest BCUT2D eigenvalue weighted by Gasteiger charge is -2.35. The number of hydrogen-bond acceptors (Lipinski definition) is 5. The first kappa shape index (κ1) is 27.5. The number of methoxy groups -OCH3 is 1. The molecule has 0 aliphatic carbocycles. The number of ether oxygens (including phenoxy) is 2. The molecule has 1 atom stereocenters. The minimum Gasteiger partial charge on any atom is -0.486 e. The van der Waals surface area contributed by atoms with Gasteiger partial charge in [-0.25, -0.2) is 8.42 Å². The second-order valence-corrected chi connectivity index (χ2v) is 10.8. The average molecular weight is 566 g/mol. The summed E-state index contributed by atoms with van der Waals surface area (Å²) in [5.41, 5.74) is 0.546. The normalized spacial score (nSPS) is 15.7. The second-order valence-electron chi connectivity index (χ2n) is 8.53. The predicted molar refractivity (Wildman–Crippen MR) is 138 cm³/mol. The number of carbonyl (C=O) groups excluding carboxylic acids is 1. The van der Waals surface area contributed by atoms with Gasteiger partial charge in [-0.15, -0.1) is 0 Å². The molecule has 0 saturated carbocycles. The summed E-state index contributed by atoms with van der Waals surface area (Å²) in [6, 6.07) is 15.6. The van der Waals surface area contributed by atoms with Crippen molar-refractivity contribution < 1.29 is 35.9 Å². The van der Waals surface area contributed by atoms with Gasteiger partial charge in [0, 0.05) is 11.4 Å². The lowest BCUT2D eigenvalue weighted by Crippen LogP contribution is -2.43. The summed E-state index contributed by atoms with van der Waals surface area (Å²) in [5.74, 6) is -0.269. The van der Waals surface area contributed by atoms with Crippen LogP contribution in [0.1, 0.15) is 29.5 Å². The zero-order valence-electron chi connectivity index (χ0n) is 20.1. The van der Waals surface area contributed by atoms with E-state index in [-0.39, 0.29) is 30.8 Å². The zero-order chi connectivity index (χ0) is 27.5. The molecule has 1 heterocycles. The summed E-state index contributed by atoms with van der Waals surface area (Å²) in [6.07, 6.45) is -1.76. The molecule has 0 N–H and O–H groups in total. The highest BCUT2D eigenvalue weighted by molar-refractivity contribution is 7.92. The molecule has 6 nitrogen and oxygen atoms in total. The summed E-state index contributed by atoms with van der Waals surface area (Å²) >= 11 is 6.03. The number of benzene rings is 3. The smallest absolute Gasteiger partial charge is 0.416 e. The maximum atomic E-state index is 13.7. The largest absolute Gasteiger partial charge is 0.486 e. The van der Waals surface area contributed by atoms with E-state index in [9.17, 15) is 26.4 Å². The summed E-state index contributed by atoms with van der Waals surface area (Å²) in [4.78, 5) is 11.1. The van der Waals surface area contributed by atoms with Gasteiger partial charge in [0.15, 0.2) is 0 Å². The number of hydrogen-bond donors (Lipinski definition) is 0. The van der Waals surface area contributed by atoms with E-state index in [0.29, 0.717) is 16.7 Å². The van der Waals surface area contributed by atoms with Crippen LogP contribution in [0.5, 0.6) is 5.75 Å². The molecule has 200 valence electrons. The average Bonchev–Trinajstić information content (AvgIpc) is 2.89. The Morgan fingerprint density at radius 1 is 1.08 bits per heavy atom. The van der Waals surface area contributed by atoms with Crippen LogP contribution < -0.4 is 9.04 Å². The van der Waals surface area contributed by atoms with Gasteiger partial charge in [0.1, 0.15) is 11.9 Å². The van der Waals surface area contributed by atoms with Gasteiger partial charge < -0.3 is 9.47 Å². The quantitative estimate of drug-likeness (QED) is 0.243. The molecule has 0 amide bonds. The van der Waals surface area contributed by atoms with Crippen LogP contribution in [-0.4, -0.2) is 34.1 Å². The zero-order valence-corrected chi connectivity index (χ0v) is 21.7. The highest BCUT2D eigenvalue weighted by Gasteiger charge is 2.37. The number of nitrogens with zero attached hydrogens (tertiary/aromatic N) is 1. The molecular formula is C27H23ClF3NO5S. The van der Waals surface area contributed by atoms with E-state index in [1.807, 2.05) is 6.07 Å².